The van der Waals surface area contributed by atoms with E-state index in [0.717, 1.165) is 22.2 Å². The molecule has 5 rings (SSSR count). The van der Waals surface area contributed by atoms with Gasteiger partial charge >= 0.3 is 0 Å². The second-order valence-corrected chi connectivity index (χ2v) is 10.7. The van der Waals surface area contributed by atoms with Crippen LogP contribution in [0.5, 0.6) is 5.75 Å². The lowest BCUT2D eigenvalue weighted by Gasteiger charge is -2.40. The molecule has 0 aliphatic heterocycles. The first-order valence-corrected chi connectivity index (χ1v) is 13.9. The third kappa shape index (κ3) is 6.90. The van der Waals surface area contributed by atoms with Crippen molar-refractivity contribution in [1.82, 2.24) is 26.1 Å². The van der Waals surface area contributed by atoms with Gasteiger partial charge < -0.3 is 15.4 Å². The first-order valence-electron chi connectivity index (χ1n) is 13.9. The summed E-state index contributed by atoms with van der Waals surface area (Å²) >= 11 is 0. The predicted molar refractivity (Wildman–Crippen MR) is 156 cm³/mol. The van der Waals surface area contributed by atoms with Crippen molar-refractivity contribution in [3.63, 3.8) is 0 Å². The summed E-state index contributed by atoms with van der Waals surface area (Å²) in [6.07, 6.45) is 3.46. The fourth-order valence-corrected chi connectivity index (χ4v) is 5.45. The molecule has 4 aromatic rings. The van der Waals surface area contributed by atoms with Crippen molar-refractivity contribution in [3.8, 4) is 5.75 Å². The topological polar surface area (TPSA) is 143 Å². The Morgan fingerprint density at radius 3 is 2.43 bits per heavy atom. The zero-order chi connectivity index (χ0) is 29.5. The van der Waals surface area contributed by atoms with Crippen LogP contribution in [0.1, 0.15) is 64.2 Å². The second-order valence-electron chi connectivity index (χ2n) is 10.7. The van der Waals surface area contributed by atoms with Crippen LogP contribution in [0.2, 0.25) is 0 Å². The molecule has 2 aromatic carbocycles. The number of carbonyl (C=O) groups is 3. The molecule has 4 N–H and O–H groups in total. The quantitative estimate of drug-likeness (QED) is 0.175. The van der Waals surface area contributed by atoms with Crippen LogP contribution in [0.15, 0.2) is 79.0 Å². The van der Waals surface area contributed by atoms with Gasteiger partial charge in [0.25, 0.3) is 11.8 Å². The molecular formula is C32H33N5O5. The van der Waals surface area contributed by atoms with Gasteiger partial charge in [-0.15, -0.1) is 0 Å². The molecule has 1 aliphatic carbocycles. The van der Waals surface area contributed by atoms with Crippen LogP contribution in [-0.4, -0.2) is 44.5 Å². The molecule has 10 heteroatoms. The molecule has 0 atom stereocenters. The highest BCUT2D eigenvalue weighted by Gasteiger charge is 2.39. The third-order valence-corrected chi connectivity index (χ3v) is 7.62. The number of para-hydroxylation sites is 1. The number of benzene rings is 2. The molecule has 0 bridgehead atoms. The first-order chi connectivity index (χ1) is 20.3. The maximum Gasteiger partial charge on any atom is 0.270 e. The van der Waals surface area contributed by atoms with Gasteiger partial charge in [-0.3, -0.25) is 29.6 Å². The van der Waals surface area contributed by atoms with Crippen molar-refractivity contribution in [2.45, 2.75) is 57.2 Å². The molecule has 0 saturated heterocycles. The number of pyridine rings is 2. The fraction of sp³-hybridized carbons (Fsp3) is 0.281. The van der Waals surface area contributed by atoms with Gasteiger partial charge in [0.1, 0.15) is 18.1 Å². The Kier molecular flexibility index (Phi) is 8.73. The van der Waals surface area contributed by atoms with Gasteiger partial charge in [-0.25, -0.2) is 5.48 Å². The van der Waals surface area contributed by atoms with E-state index in [1.165, 1.54) is 0 Å². The molecule has 0 unspecified atom stereocenters. The number of aromatic nitrogens is 2. The zero-order valence-corrected chi connectivity index (χ0v) is 23.3. The van der Waals surface area contributed by atoms with E-state index in [1.54, 1.807) is 54.1 Å². The number of hydroxylamine groups is 1. The number of amides is 3. The molecule has 1 fully saturated rings. The summed E-state index contributed by atoms with van der Waals surface area (Å²) in [5.41, 5.74) is 4.40. The van der Waals surface area contributed by atoms with E-state index >= 15 is 0 Å². The lowest BCUT2D eigenvalue weighted by Crippen LogP contribution is -2.55. The van der Waals surface area contributed by atoms with Gasteiger partial charge in [0.15, 0.2) is 0 Å². The normalized spacial score (nSPS) is 18.2. The summed E-state index contributed by atoms with van der Waals surface area (Å²) in [7, 11) is 0. The van der Waals surface area contributed by atoms with Crippen LogP contribution >= 0.6 is 0 Å². The molecule has 2 aromatic heterocycles. The third-order valence-electron chi connectivity index (χ3n) is 7.62. The number of hydrogen-bond acceptors (Lipinski definition) is 7. The largest absolute Gasteiger partial charge is 0.489 e. The summed E-state index contributed by atoms with van der Waals surface area (Å²) in [6, 6.07) is 21.8. The Hall–Kier alpha value is -4.83. The van der Waals surface area contributed by atoms with Crippen molar-refractivity contribution in [1.29, 1.82) is 0 Å². The number of nitrogens with one attached hydrogen (secondary N) is 3. The molecule has 1 saturated carbocycles. The number of ether oxygens (including phenoxy) is 1. The second kappa shape index (κ2) is 12.8. The lowest BCUT2D eigenvalue weighted by atomic mass is 9.76. The van der Waals surface area contributed by atoms with E-state index in [4.69, 9.17) is 4.74 Å². The molecule has 3 amide bonds. The van der Waals surface area contributed by atoms with E-state index in [-0.39, 0.29) is 24.3 Å². The van der Waals surface area contributed by atoms with Gasteiger partial charge in [-0.1, -0.05) is 24.3 Å². The number of carbonyl (C=O) groups excluding carboxylic acids is 3. The molecule has 216 valence electrons. The van der Waals surface area contributed by atoms with Crippen LogP contribution < -0.4 is 20.9 Å². The van der Waals surface area contributed by atoms with E-state index < -0.39 is 11.4 Å². The van der Waals surface area contributed by atoms with Crippen molar-refractivity contribution in [2.24, 2.45) is 0 Å². The van der Waals surface area contributed by atoms with Crippen LogP contribution in [0.25, 0.3) is 10.9 Å². The maximum absolute atomic E-state index is 13.3. The summed E-state index contributed by atoms with van der Waals surface area (Å²) < 4.78 is 6.02. The summed E-state index contributed by atoms with van der Waals surface area (Å²) in [4.78, 5) is 46.6. The van der Waals surface area contributed by atoms with Crippen molar-refractivity contribution in [2.75, 3.05) is 0 Å². The highest BCUT2D eigenvalue weighted by molar-refractivity contribution is 5.95. The van der Waals surface area contributed by atoms with E-state index in [1.807, 2.05) is 37.3 Å². The molecule has 1 aliphatic rings. The minimum Gasteiger partial charge on any atom is -0.489 e. The number of rotatable bonds is 9. The minimum atomic E-state index is -0.869. The monoisotopic (exact) mass is 567 g/mol. The Morgan fingerprint density at radius 2 is 1.71 bits per heavy atom. The molecule has 2 heterocycles. The molecular weight excluding hydrogens is 534 g/mol. The highest BCUT2D eigenvalue weighted by Crippen LogP contribution is 2.32. The predicted octanol–water partition coefficient (Wildman–Crippen LogP) is 4.25. The van der Waals surface area contributed by atoms with Crippen LogP contribution in [-0.2, 0) is 11.4 Å². The van der Waals surface area contributed by atoms with Crippen LogP contribution in [0.4, 0.5) is 0 Å². The van der Waals surface area contributed by atoms with Gasteiger partial charge in [0.2, 0.25) is 5.91 Å². The Balaban J connectivity index is 1.21. The number of hydrogen-bond donors (Lipinski definition) is 4. The molecule has 42 heavy (non-hydrogen) atoms. The average Bonchev–Trinajstić information content (AvgIpc) is 3.01. The van der Waals surface area contributed by atoms with Crippen molar-refractivity contribution < 1.29 is 24.3 Å². The van der Waals surface area contributed by atoms with E-state index in [2.05, 4.69) is 20.6 Å². The zero-order valence-electron chi connectivity index (χ0n) is 23.3. The van der Waals surface area contributed by atoms with E-state index in [0.29, 0.717) is 49.3 Å². The van der Waals surface area contributed by atoms with Gasteiger partial charge in [0.05, 0.1) is 11.9 Å². The highest BCUT2D eigenvalue weighted by atomic mass is 16.5. The maximum atomic E-state index is 13.3. The minimum absolute atomic E-state index is 0.0867. The average molecular weight is 568 g/mol. The van der Waals surface area contributed by atoms with Gasteiger partial charge in [-0.05, 0) is 81.1 Å². The number of aryl methyl sites for hydroxylation is 1. The molecule has 0 spiro atoms. The van der Waals surface area contributed by atoms with E-state index in [9.17, 15) is 19.6 Å². The van der Waals surface area contributed by atoms with Gasteiger partial charge in [0, 0.05) is 40.0 Å². The standard InChI is InChI=1S/C32H33N5O5/c1-21-18-23(26-6-2-3-7-27(26)34-21)20-42-25-11-9-22(10-12-25)30(39)36-32(19-29(38)37-41)15-13-24(14-16-32)35-31(40)28-8-4-5-17-33-28/h2-12,17-18,24,41H,13-16,19-20H2,1H3,(H,35,40)(H,36,39)(H,37,38). The van der Waals surface area contributed by atoms with Crippen molar-refractivity contribution in [3.05, 3.63) is 102 Å². The molecule has 10 nitrogen and oxygen atoms in total. The summed E-state index contributed by atoms with van der Waals surface area (Å²) in [5, 5.41) is 16.2. The number of fused-ring (bicyclic) bond motifs is 1. The Labute approximate surface area is 243 Å². The SMILES string of the molecule is Cc1cc(COc2ccc(C(=O)NC3(CC(=O)NO)CCC(NC(=O)c4ccccn4)CC3)cc2)c2ccccc2n1. The number of nitrogens with zero attached hydrogens (tertiary/aromatic N) is 2. The first kappa shape index (κ1) is 28.7. The summed E-state index contributed by atoms with van der Waals surface area (Å²) in [5.74, 6) is -0.573. The Bertz CT molecular complexity index is 1570. The van der Waals surface area contributed by atoms with Crippen LogP contribution in [0.3, 0.4) is 0 Å². The lowest BCUT2D eigenvalue weighted by molar-refractivity contribution is -0.131. The fourth-order valence-electron chi connectivity index (χ4n) is 5.45. The van der Waals surface area contributed by atoms with Crippen molar-refractivity contribution >= 4 is 28.6 Å². The van der Waals surface area contributed by atoms with Crippen LogP contribution in [0, 0.1) is 6.92 Å². The Morgan fingerprint density at radius 1 is 0.976 bits per heavy atom. The molecule has 0 radical (unpaired) electrons. The smallest absolute Gasteiger partial charge is 0.270 e. The summed E-state index contributed by atoms with van der Waals surface area (Å²) in [6.45, 7) is 2.30. The van der Waals surface area contributed by atoms with Gasteiger partial charge in [-0.2, -0.15) is 0 Å².